The molecule has 1 saturated carbocycles. The largest absolute Gasteiger partial charge is 0.451 e. The zero-order valence-electron chi connectivity index (χ0n) is 16.8. The Balaban J connectivity index is 1.61. The third-order valence-corrected chi connectivity index (χ3v) is 6.41. The third-order valence-electron chi connectivity index (χ3n) is 5.23. The molecule has 1 aromatic carbocycles. The summed E-state index contributed by atoms with van der Waals surface area (Å²) in [5.74, 6) is -1.01. The number of esters is 1. The van der Waals surface area contributed by atoms with Crippen molar-refractivity contribution in [3.63, 3.8) is 0 Å². The van der Waals surface area contributed by atoms with Crippen LogP contribution in [0, 0.1) is 18.3 Å². The maximum atomic E-state index is 12.5. The number of aromatic nitrogens is 1. The van der Waals surface area contributed by atoms with E-state index >= 15 is 0 Å². The van der Waals surface area contributed by atoms with Gasteiger partial charge in [-0.2, -0.15) is 5.26 Å². The highest BCUT2D eigenvalue weighted by atomic mass is 32.1. The zero-order chi connectivity index (χ0) is 20.9. The monoisotopic (exact) mass is 411 g/mol. The van der Waals surface area contributed by atoms with Crippen molar-refractivity contribution in [1.29, 1.82) is 5.26 Å². The van der Waals surface area contributed by atoms with E-state index in [2.05, 4.69) is 23.3 Å². The van der Waals surface area contributed by atoms with Gasteiger partial charge in [0.2, 0.25) is 0 Å². The van der Waals surface area contributed by atoms with Crippen LogP contribution in [0.4, 0.5) is 0 Å². The fourth-order valence-corrected chi connectivity index (χ4v) is 4.48. The highest BCUT2D eigenvalue weighted by molar-refractivity contribution is 7.17. The van der Waals surface area contributed by atoms with Gasteiger partial charge in [0.15, 0.2) is 6.61 Å². The van der Waals surface area contributed by atoms with Crippen LogP contribution in [0.1, 0.15) is 60.0 Å². The van der Waals surface area contributed by atoms with Gasteiger partial charge in [-0.1, -0.05) is 50.5 Å². The number of nitriles is 1. The maximum absolute atomic E-state index is 12.5. The van der Waals surface area contributed by atoms with Crippen LogP contribution >= 0.6 is 11.3 Å². The number of rotatable bonds is 6. The van der Waals surface area contributed by atoms with E-state index in [-0.39, 0.29) is 0 Å². The Labute approximate surface area is 174 Å². The van der Waals surface area contributed by atoms with Gasteiger partial charge in [0, 0.05) is 5.56 Å². The minimum absolute atomic E-state index is 0.389. The summed E-state index contributed by atoms with van der Waals surface area (Å²) in [5.41, 5.74) is 1.93. The van der Waals surface area contributed by atoms with Crippen LogP contribution in [-0.4, -0.2) is 29.0 Å². The second-order valence-electron chi connectivity index (χ2n) is 7.36. The van der Waals surface area contributed by atoms with Crippen LogP contribution in [0.25, 0.3) is 10.6 Å². The maximum Gasteiger partial charge on any atom is 0.350 e. The Bertz CT molecular complexity index is 922. The van der Waals surface area contributed by atoms with Gasteiger partial charge in [-0.05, 0) is 31.7 Å². The van der Waals surface area contributed by atoms with Gasteiger partial charge in [0.1, 0.15) is 15.4 Å². The lowest BCUT2D eigenvalue weighted by atomic mass is 9.83. The number of ether oxygens (including phenoxy) is 1. The molecule has 1 amide bonds. The minimum Gasteiger partial charge on any atom is -0.451 e. The van der Waals surface area contributed by atoms with Gasteiger partial charge >= 0.3 is 5.97 Å². The van der Waals surface area contributed by atoms with Gasteiger partial charge in [0.05, 0.1) is 11.8 Å². The molecule has 0 saturated heterocycles. The number of benzene rings is 1. The highest BCUT2D eigenvalue weighted by Crippen LogP contribution is 2.29. The molecule has 29 heavy (non-hydrogen) atoms. The summed E-state index contributed by atoms with van der Waals surface area (Å²) < 4.78 is 5.20. The molecule has 0 bridgehead atoms. The summed E-state index contributed by atoms with van der Waals surface area (Å²) in [6.45, 7) is 3.45. The summed E-state index contributed by atoms with van der Waals surface area (Å²) in [6.07, 6.45) is 5.13. The van der Waals surface area contributed by atoms with Crippen LogP contribution in [-0.2, 0) is 16.0 Å². The van der Waals surface area contributed by atoms with Crippen LogP contribution in [0.3, 0.4) is 0 Å². The topological polar surface area (TPSA) is 92.1 Å². The summed E-state index contributed by atoms with van der Waals surface area (Å²) in [7, 11) is 0. The number of nitrogens with zero attached hydrogens (tertiary/aromatic N) is 2. The fraction of sp³-hybridized carbons (Fsp3) is 0.455. The lowest BCUT2D eigenvalue weighted by Gasteiger charge is -2.31. The molecule has 0 spiro atoms. The van der Waals surface area contributed by atoms with E-state index < -0.39 is 24.0 Å². The average Bonchev–Trinajstić information content (AvgIpc) is 3.14. The van der Waals surface area contributed by atoms with E-state index in [1.165, 1.54) is 16.9 Å². The predicted molar refractivity (Wildman–Crippen MR) is 112 cm³/mol. The number of thiazole rings is 1. The molecule has 1 N–H and O–H groups in total. The molecule has 1 aliphatic carbocycles. The van der Waals surface area contributed by atoms with Crippen molar-refractivity contribution in [3.05, 3.63) is 40.4 Å². The van der Waals surface area contributed by atoms with Crippen LogP contribution < -0.4 is 5.32 Å². The van der Waals surface area contributed by atoms with E-state index in [1.54, 1.807) is 6.92 Å². The normalized spacial score (nSPS) is 15.3. The van der Waals surface area contributed by atoms with E-state index in [0.29, 0.717) is 23.4 Å². The Hall–Kier alpha value is -2.72. The Kier molecular flexibility index (Phi) is 6.65. The molecule has 0 unspecified atom stereocenters. The van der Waals surface area contributed by atoms with Crippen molar-refractivity contribution in [2.75, 3.05) is 6.61 Å². The van der Waals surface area contributed by atoms with Gasteiger partial charge < -0.3 is 10.1 Å². The first-order valence-electron chi connectivity index (χ1n) is 9.92. The first-order chi connectivity index (χ1) is 14.0. The number of hydrogen-bond donors (Lipinski definition) is 1. The van der Waals surface area contributed by atoms with Gasteiger partial charge in [-0.15, -0.1) is 11.3 Å². The van der Waals surface area contributed by atoms with Crippen molar-refractivity contribution in [1.82, 2.24) is 10.3 Å². The summed E-state index contributed by atoms with van der Waals surface area (Å²) in [4.78, 5) is 29.6. The van der Waals surface area contributed by atoms with Crippen molar-refractivity contribution >= 4 is 23.2 Å². The third kappa shape index (κ3) is 5.01. The summed E-state index contributed by atoms with van der Waals surface area (Å²) >= 11 is 1.26. The second kappa shape index (κ2) is 9.19. The van der Waals surface area contributed by atoms with Crippen LogP contribution in [0.2, 0.25) is 0 Å². The molecule has 152 valence electrons. The van der Waals surface area contributed by atoms with E-state index in [9.17, 15) is 14.9 Å². The molecule has 1 aliphatic rings. The predicted octanol–water partition coefficient (Wildman–Crippen LogP) is 4.18. The molecular formula is C22H25N3O3S. The molecule has 6 nitrogen and oxygen atoms in total. The van der Waals surface area contributed by atoms with Gasteiger partial charge in [0.25, 0.3) is 5.91 Å². The number of amides is 1. The highest BCUT2D eigenvalue weighted by Gasteiger charge is 2.33. The molecular weight excluding hydrogens is 386 g/mol. The zero-order valence-corrected chi connectivity index (χ0v) is 17.6. The number of carbonyl (C=O) groups is 2. The number of carbonyl (C=O) groups excluding carboxylic acids is 2. The Morgan fingerprint density at radius 1 is 1.24 bits per heavy atom. The minimum atomic E-state index is -0.833. The smallest absolute Gasteiger partial charge is 0.350 e. The van der Waals surface area contributed by atoms with Crippen molar-refractivity contribution in [2.45, 2.75) is 57.9 Å². The van der Waals surface area contributed by atoms with E-state index in [0.717, 1.165) is 36.3 Å². The first kappa shape index (κ1) is 21.0. The van der Waals surface area contributed by atoms with E-state index in [4.69, 9.17) is 4.74 Å². The van der Waals surface area contributed by atoms with Crippen LogP contribution in [0.5, 0.6) is 0 Å². The lowest BCUT2D eigenvalue weighted by Crippen LogP contribution is -2.50. The fourth-order valence-electron chi connectivity index (χ4n) is 3.51. The standard InChI is InChI=1S/C22H25N3O3S/c1-3-16-7-9-17(10-8-16)20-24-15(2)19(29-20)21(27)28-13-18(26)25-22(14-23)11-5-4-6-12-22/h7-10H,3-6,11-13H2,1-2H3,(H,25,26). The van der Waals surface area contributed by atoms with Gasteiger partial charge in [-0.25, -0.2) is 9.78 Å². The SMILES string of the molecule is CCc1ccc(-c2nc(C)c(C(=O)OCC(=O)NC3(C#N)CCCCC3)s2)cc1. The Morgan fingerprint density at radius 3 is 2.55 bits per heavy atom. The molecule has 1 fully saturated rings. The van der Waals surface area contributed by atoms with Crippen molar-refractivity contribution in [3.8, 4) is 16.6 Å². The molecule has 1 heterocycles. The summed E-state index contributed by atoms with van der Waals surface area (Å²) in [6, 6.07) is 10.3. The number of hydrogen-bond acceptors (Lipinski definition) is 6. The van der Waals surface area contributed by atoms with Crippen molar-refractivity contribution < 1.29 is 14.3 Å². The van der Waals surface area contributed by atoms with Gasteiger partial charge in [-0.3, -0.25) is 4.79 Å². The Morgan fingerprint density at radius 2 is 1.93 bits per heavy atom. The number of nitrogens with one attached hydrogen (secondary N) is 1. The summed E-state index contributed by atoms with van der Waals surface area (Å²) in [5, 5.41) is 12.9. The molecule has 1 aromatic heterocycles. The quantitative estimate of drug-likeness (QED) is 0.720. The lowest BCUT2D eigenvalue weighted by molar-refractivity contribution is -0.125. The molecule has 0 aliphatic heterocycles. The second-order valence-corrected chi connectivity index (χ2v) is 8.36. The molecule has 0 radical (unpaired) electrons. The average molecular weight is 412 g/mol. The van der Waals surface area contributed by atoms with E-state index in [1.807, 2.05) is 24.3 Å². The number of aryl methyl sites for hydroxylation is 2. The van der Waals surface area contributed by atoms with Crippen molar-refractivity contribution in [2.24, 2.45) is 0 Å². The molecule has 3 rings (SSSR count). The molecule has 2 aromatic rings. The first-order valence-corrected chi connectivity index (χ1v) is 10.7. The van der Waals surface area contributed by atoms with Crippen LogP contribution in [0.15, 0.2) is 24.3 Å². The molecule has 7 heteroatoms. The molecule has 0 atom stereocenters.